The minimum Gasteiger partial charge on any atom is -0.370 e. The maximum absolute atomic E-state index is 4.84. The molecule has 1 N–H and O–H groups in total. The fraction of sp³-hybridized carbons (Fsp3) is 0.750. The number of hydrogen-bond donors (Lipinski definition) is 1. The van der Waals surface area contributed by atoms with E-state index in [1.807, 2.05) is 0 Å². The van der Waals surface area contributed by atoms with Crippen LogP contribution in [0.2, 0.25) is 0 Å². The van der Waals surface area contributed by atoms with Crippen LogP contribution in [0.4, 0.5) is 11.6 Å². The van der Waals surface area contributed by atoms with Crippen LogP contribution in [0.25, 0.3) is 0 Å². The molecule has 1 unspecified atom stereocenters. The van der Waals surface area contributed by atoms with Gasteiger partial charge in [0.05, 0.1) is 0 Å². The SMILES string of the molecule is CCNc1nc(C2CC2)nc(N(C)CC(C)CC)c1C. The van der Waals surface area contributed by atoms with Crippen molar-refractivity contribution in [2.45, 2.75) is 52.9 Å². The minimum absolute atomic E-state index is 0.587. The van der Waals surface area contributed by atoms with E-state index in [2.05, 4.69) is 45.0 Å². The van der Waals surface area contributed by atoms with Crippen LogP contribution in [0, 0.1) is 12.8 Å². The molecule has 0 bridgehead atoms. The number of nitrogens with zero attached hydrogens (tertiary/aromatic N) is 3. The molecule has 1 aromatic heterocycles. The number of hydrogen-bond acceptors (Lipinski definition) is 4. The van der Waals surface area contributed by atoms with Crippen LogP contribution in [-0.2, 0) is 0 Å². The first-order valence-electron chi connectivity index (χ1n) is 7.90. The first-order chi connectivity index (χ1) is 9.56. The Morgan fingerprint density at radius 2 is 2.00 bits per heavy atom. The smallest absolute Gasteiger partial charge is 0.137 e. The first-order valence-corrected chi connectivity index (χ1v) is 7.90. The molecule has 1 atom stereocenters. The molecular weight excluding hydrogens is 248 g/mol. The fourth-order valence-electron chi connectivity index (χ4n) is 2.44. The van der Waals surface area contributed by atoms with Crippen LogP contribution >= 0.6 is 0 Å². The summed E-state index contributed by atoms with van der Waals surface area (Å²) in [7, 11) is 2.15. The third-order valence-corrected chi connectivity index (χ3v) is 4.07. The van der Waals surface area contributed by atoms with Crippen molar-refractivity contribution in [1.82, 2.24) is 9.97 Å². The Hall–Kier alpha value is -1.32. The van der Waals surface area contributed by atoms with E-state index in [0.29, 0.717) is 11.8 Å². The molecule has 20 heavy (non-hydrogen) atoms. The van der Waals surface area contributed by atoms with E-state index >= 15 is 0 Å². The molecule has 0 amide bonds. The third-order valence-electron chi connectivity index (χ3n) is 4.07. The molecule has 0 saturated heterocycles. The molecule has 0 aromatic carbocycles. The Balaban J connectivity index is 2.29. The van der Waals surface area contributed by atoms with Gasteiger partial charge >= 0.3 is 0 Å². The van der Waals surface area contributed by atoms with E-state index in [0.717, 1.165) is 30.5 Å². The highest BCUT2D eigenvalue weighted by atomic mass is 15.2. The summed E-state index contributed by atoms with van der Waals surface area (Å²) in [5, 5.41) is 3.38. The zero-order valence-corrected chi connectivity index (χ0v) is 13.5. The van der Waals surface area contributed by atoms with Gasteiger partial charge < -0.3 is 10.2 Å². The molecule has 1 saturated carbocycles. The van der Waals surface area contributed by atoms with Gasteiger partial charge in [-0.05, 0) is 32.6 Å². The summed E-state index contributed by atoms with van der Waals surface area (Å²) in [5.41, 5.74) is 1.17. The van der Waals surface area contributed by atoms with Gasteiger partial charge in [-0.15, -0.1) is 0 Å². The van der Waals surface area contributed by atoms with Crippen molar-refractivity contribution < 1.29 is 0 Å². The van der Waals surface area contributed by atoms with Crippen LogP contribution in [0.5, 0.6) is 0 Å². The Morgan fingerprint density at radius 3 is 2.55 bits per heavy atom. The first kappa shape index (κ1) is 15.1. The molecule has 0 aliphatic heterocycles. The van der Waals surface area contributed by atoms with Crippen molar-refractivity contribution >= 4 is 11.6 Å². The molecule has 0 spiro atoms. The highest BCUT2D eigenvalue weighted by Crippen LogP contribution is 2.40. The molecule has 4 heteroatoms. The van der Waals surface area contributed by atoms with E-state index in [-0.39, 0.29) is 0 Å². The normalized spacial score (nSPS) is 16.1. The van der Waals surface area contributed by atoms with Gasteiger partial charge in [0.2, 0.25) is 0 Å². The molecule has 1 aromatic rings. The van der Waals surface area contributed by atoms with Gasteiger partial charge in [-0.2, -0.15) is 0 Å². The predicted octanol–water partition coefficient (Wildman–Crippen LogP) is 3.58. The van der Waals surface area contributed by atoms with E-state index in [1.165, 1.54) is 24.8 Å². The molecule has 1 aliphatic rings. The quantitative estimate of drug-likeness (QED) is 0.826. The van der Waals surface area contributed by atoms with E-state index in [4.69, 9.17) is 9.97 Å². The van der Waals surface area contributed by atoms with Crippen molar-refractivity contribution in [2.24, 2.45) is 5.92 Å². The van der Waals surface area contributed by atoms with Gasteiger partial charge in [-0.1, -0.05) is 20.3 Å². The van der Waals surface area contributed by atoms with Gasteiger partial charge in [0.15, 0.2) is 0 Å². The van der Waals surface area contributed by atoms with Gasteiger partial charge in [0.1, 0.15) is 17.5 Å². The fourth-order valence-corrected chi connectivity index (χ4v) is 2.44. The standard InChI is InChI=1S/C16H28N4/c1-6-11(3)10-20(5)16-12(4)14(17-7-2)18-15(19-16)13-8-9-13/h11,13H,6-10H2,1-5H3,(H,17,18,19). The summed E-state index contributed by atoms with van der Waals surface area (Å²) in [4.78, 5) is 11.8. The highest BCUT2D eigenvalue weighted by molar-refractivity contribution is 5.58. The van der Waals surface area contributed by atoms with Gasteiger partial charge in [0.25, 0.3) is 0 Å². The molecule has 1 aliphatic carbocycles. The predicted molar refractivity (Wildman–Crippen MR) is 85.6 cm³/mol. The molecule has 2 rings (SSSR count). The van der Waals surface area contributed by atoms with Crippen LogP contribution in [0.15, 0.2) is 0 Å². The molecule has 112 valence electrons. The number of anilines is 2. The van der Waals surface area contributed by atoms with Crippen LogP contribution < -0.4 is 10.2 Å². The average Bonchev–Trinajstić information content (AvgIpc) is 3.25. The lowest BCUT2D eigenvalue weighted by Gasteiger charge is -2.25. The number of nitrogens with one attached hydrogen (secondary N) is 1. The topological polar surface area (TPSA) is 41.1 Å². The third kappa shape index (κ3) is 3.41. The van der Waals surface area contributed by atoms with Crippen molar-refractivity contribution in [1.29, 1.82) is 0 Å². The monoisotopic (exact) mass is 276 g/mol. The molecule has 0 radical (unpaired) electrons. The molecule has 1 fully saturated rings. The summed E-state index contributed by atoms with van der Waals surface area (Å²) in [6, 6.07) is 0. The number of rotatable bonds is 7. The summed E-state index contributed by atoms with van der Waals surface area (Å²) in [6.07, 6.45) is 3.68. The second kappa shape index (κ2) is 6.42. The van der Waals surface area contributed by atoms with Gasteiger partial charge in [0, 0.05) is 31.6 Å². The summed E-state index contributed by atoms with van der Waals surface area (Å²) in [6.45, 7) is 10.7. The maximum Gasteiger partial charge on any atom is 0.137 e. The molecule has 1 heterocycles. The van der Waals surface area contributed by atoms with Gasteiger partial charge in [-0.25, -0.2) is 9.97 Å². The van der Waals surface area contributed by atoms with Crippen LogP contribution in [0.3, 0.4) is 0 Å². The van der Waals surface area contributed by atoms with Gasteiger partial charge in [-0.3, -0.25) is 0 Å². The Bertz CT molecular complexity index is 454. The van der Waals surface area contributed by atoms with Crippen molar-refractivity contribution in [3.05, 3.63) is 11.4 Å². The average molecular weight is 276 g/mol. The Labute approximate surface area is 123 Å². The summed E-state index contributed by atoms with van der Waals surface area (Å²) in [5.74, 6) is 4.40. The van der Waals surface area contributed by atoms with E-state index < -0.39 is 0 Å². The Morgan fingerprint density at radius 1 is 1.30 bits per heavy atom. The van der Waals surface area contributed by atoms with Crippen molar-refractivity contribution in [2.75, 3.05) is 30.4 Å². The summed E-state index contributed by atoms with van der Waals surface area (Å²) >= 11 is 0. The zero-order valence-electron chi connectivity index (χ0n) is 13.5. The summed E-state index contributed by atoms with van der Waals surface area (Å²) < 4.78 is 0. The maximum atomic E-state index is 4.84. The lowest BCUT2D eigenvalue weighted by atomic mass is 10.1. The zero-order chi connectivity index (χ0) is 14.7. The molecular formula is C16H28N4. The second-order valence-corrected chi connectivity index (χ2v) is 6.08. The van der Waals surface area contributed by atoms with E-state index in [1.54, 1.807) is 0 Å². The largest absolute Gasteiger partial charge is 0.370 e. The van der Waals surface area contributed by atoms with Crippen molar-refractivity contribution in [3.8, 4) is 0 Å². The Kier molecular flexibility index (Phi) is 4.84. The lowest BCUT2D eigenvalue weighted by Crippen LogP contribution is -2.26. The van der Waals surface area contributed by atoms with Crippen LogP contribution in [-0.4, -0.2) is 30.1 Å². The lowest BCUT2D eigenvalue weighted by molar-refractivity contribution is 0.556. The van der Waals surface area contributed by atoms with Crippen molar-refractivity contribution in [3.63, 3.8) is 0 Å². The minimum atomic E-state index is 0.587. The second-order valence-electron chi connectivity index (χ2n) is 6.08. The molecule has 4 nitrogen and oxygen atoms in total. The number of aromatic nitrogens is 2. The van der Waals surface area contributed by atoms with E-state index in [9.17, 15) is 0 Å². The highest BCUT2D eigenvalue weighted by Gasteiger charge is 2.28. The van der Waals surface area contributed by atoms with Crippen LogP contribution in [0.1, 0.15) is 57.3 Å².